The Morgan fingerprint density at radius 2 is 2.00 bits per heavy atom. The maximum absolute atomic E-state index is 12.9. The largest absolute Gasteiger partial charge is 0.501 e. The number of aromatic hydroxyl groups is 1. The van der Waals surface area contributed by atoms with E-state index in [1.807, 2.05) is 0 Å². The lowest BCUT2D eigenvalue weighted by Crippen LogP contribution is -2.39. The molecule has 0 saturated carbocycles. The summed E-state index contributed by atoms with van der Waals surface area (Å²) in [6.07, 6.45) is 0.723. The minimum Gasteiger partial charge on any atom is -0.501 e. The summed E-state index contributed by atoms with van der Waals surface area (Å²) in [6, 6.07) is 4.75. The molecule has 148 valence electrons. The summed E-state index contributed by atoms with van der Waals surface area (Å²) in [4.78, 5) is 43.5. The average molecular weight is 390 g/mol. The Labute approximate surface area is 158 Å². The molecule has 9 nitrogen and oxygen atoms in total. The summed E-state index contributed by atoms with van der Waals surface area (Å²) in [5, 5.41) is 21.8. The lowest BCUT2D eigenvalue weighted by Gasteiger charge is -2.32. The Morgan fingerprint density at radius 1 is 1.29 bits per heavy atom. The number of hydrogen-bond acceptors (Lipinski definition) is 5. The molecule has 1 saturated heterocycles. The van der Waals surface area contributed by atoms with E-state index < -0.39 is 40.9 Å². The Kier molecular flexibility index (Phi) is 5.57. The number of H-pyrrole nitrogens is 1. The predicted molar refractivity (Wildman–Crippen MR) is 95.4 cm³/mol. The minimum absolute atomic E-state index is 0.0110. The number of nitrogens with zero attached hydrogens (tertiary/aromatic N) is 2. The van der Waals surface area contributed by atoms with Gasteiger partial charge in [0.15, 0.2) is 5.69 Å². The van der Waals surface area contributed by atoms with Gasteiger partial charge >= 0.3 is 6.09 Å². The molecular weight excluding hydrogens is 371 g/mol. The molecule has 3 rings (SSSR count). The number of likely N-dealkylation sites (tertiary alicyclic amines) is 1. The van der Waals surface area contributed by atoms with E-state index in [0.29, 0.717) is 18.4 Å². The van der Waals surface area contributed by atoms with Crippen LogP contribution in [0, 0.1) is 5.82 Å². The van der Waals surface area contributed by atoms with Crippen LogP contribution in [-0.2, 0) is 6.54 Å². The van der Waals surface area contributed by atoms with Crippen molar-refractivity contribution in [2.75, 3.05) is 6.54 Å². The number of benzene rings is 1. The standard InChI is InChI=1S/C18H19FN4O5/c19-11-6-4-10(5-7-11)9-20-16(25)13-14(24)17(26)22-15(21-13)12-3-1-2-8-23(12)18(27)28/h4-7,12,24H,1-3,8-9H2,(H,20,25)(H,27,28)(H,21,22,26). The van der Waals surface area contributed by atoms with E-state index in [-0.39, 0.29) is 18.9 Å². The SMILES string of the molecule is O=C(NCc1ccc(F)cc1)c1nc(C2CCCCN2C(=O)O)[nH]c(=O)c1O. The second-order valence-corrected chi connectivity index (χ2v) is 6.45. The van der Waals surface area contributed by atoms with Crippen molar-refractivity contribution in [1.82, 2.24) is 20.2 Å². The maximum Gasteiger partial charge on any atom is 0.407 e. The van der Waals surface area contributed by atoms with Crippen molar-refractivity contribution in [1.29, 1.82) is 0 Å². The van der Waals surface area contributed by atoms with Gasteiger partial charge in [0.2, 0.25) is 5.75 Å². The van der Waals surface area contributed by atoms with Gasteiger partial charge in [0.1, 0.15) is 11.6 Å². The third kappa shape index (κ3) is 4.11. The van der Waals surface area contributed by atoms with Gasteiger partial charge in [-0.1, -0.05) is 12.1 Å². The molecule has 1 aliphatic heterocycles. The number of aromatic amines is 1. The van der Waals surface area contributed by atoms with Crippen LogP contribution >= 0.6 is 0 Å². The summed E-state index contributed by atoms with van der Waals surface area (Å²) in [7, 11) is 0. The number of hydrogen-bond donors (Lipinski definition) is 4. The van der Waals surface area contributed by atoms with Gasteiger partial charge in [0, 0.05) is 13.1 Å². The summed E-state index contributed by atoms with van der Waals surface area (Å²) >= 11 is 0. The zero-order valence-corrected chi connectivity index (χ0v) is 14.8. The van der Waals surface area contributed by atoms with E-state index in [1.54, 1.807) is 0 Å². The first-order valence-corrected chi connectivity index (χ1v) is 8.72. The van der Waals surface area contributed by atoms with Crippen LogP contribution in [0.4, 0.5) is 9.18 Å². The first kappa shape index (κ1) is 19.3. The van der Waals surface area contributed by atoms with Gasteiger partial charge in [-0.2, -0.15) is 0 Å². The highest BCUT2D eigenvalue weighted by atomic mass is 19.1. The zero-order valence-electron chi connectivity index (χ0n) is 14.8. The van der Waals surface area contributed by atoms with Crippen molar-refractivity contribution >= 4 is 12.0 Å². The van der Waals surface area contributed by atoms with Gasteiger partial charge in [0.25, 0.3) is 11.5 Å². The smallest absolute Gasteiger partial charge is 0.407 e. The lowest BCUT2D eigenvalue weighted by molar-refractivity contribution is 0.0939. The normalized spacial score (nSPS) is 16.6. The molecule has 1 unspecified atom stereocenters. The van der Waals surface area contributed by atoms with Gasteiger partial charge < -0.3 is 20.5 Å². The van der Waals surface area contributed by atoms with Crippen molar-refractivity contribution in [2.24, 2.45) is 0 Å². The monoisotopic (exact) mass is 390 g/mol. The molecule has 4 N–H and O–H groups in total. The number of halogens is 1. The molecule has 2 aromatic rings. The first-order chi connectivity index (χ1) is 13.4. The van der Waals surface area contributed by atoms with Crippen LogP contribution in [-0.4, -0.2) is 43.6 Å². The minimum atomic E-state index is -1.15. The fraction of sp³-hybridized carbons (Fsp3) is 0.333. The summed E-state index contributed by atoms with van der Waals surface area (Å²) in [5.74, 6) is -2.05. The quantitative estimate of drug-likeness (QED) is 0.628. The first-order valence-electron chi connectivity index (χ1n) is 8.72. The van der Waals surface area contributed by atoms with Crippen molar-refractivity contribution in [3.63, 3.8) is 0 Å². The summed E-state index contributed by atoms with van der Waals surface area (Å²) in [5.41, 5.74) is -0.798. The molecule has 1 atom stereocenters. The van der Waals surface area contributed by atoms with E-state index in [1.165, 1.54) is 24.3 Å². The molecule has 0 spiro atoms. The Bertz CT molecular complexity index is 944. The topological polar surface area (TPSA) is 136 Å². The van der Waals surface area contributed by atoms with Crippen LogP contribution in [0.5, 0.6) is 5.75 Å². The number of piperidine rings is 1. The molecule has 1 fully saturated rings. The van der Waals surface area contributed by atoms with Gasteiger partial charge in [-0.15, -0.1) is 0 Å². The number of amides is 2. The molecule has 0 aliphatic carbocycles. The second kappa shape index (κ2) is 8.07. The van der Waals surface area contributed by atoms with Crippen LogP contribution in [0.3, 0.4) is 0 Å². The number of rotatable bonds is 4. The van der Waals surface area contributed by atoms with E-state index in [4.69, 9.17) is 0 Å². The van der Waals surface area contributed by atoms with Crippen LogP contribution in [0.2, 0.25) is 0 Å². The highest BCUT2D eigenvalue weighted by molar-refractivity contribution is 5.94. The van der Waals surface area contributed by atoms with Crippen LogP contribution < -0.4 is 10.9 Å². The second-order valence-electron chi connectivity index (χ2n) is 6.45. The lowest BCUT2D eigenvalue weighted by atomic mass is 10.0. The molecule has 1 aromatic carbocycles. The van der Waals surface area contributed by atoms with Gasteiger partial charge in [-0.25, -0.2) is 14.2 Å². The van der Waals surface area contributed by atoms with E-state index >= 15 is 0 Å². The summed E-state index contributed by atoms with van der Waals surface area (Å²) in [6.45, 7) is 0.323. The van der Waals surface area contributed by atoms with Gasteiger partial charge in [-0.3, -0.25) is 14.5 Å². The number of nitrogens with one attached hydrogen (secondary N) is 2. The molecule has 0 radical (unpaired) electrons. The van der Waals surface area contributed by atoms with E-state index in [9.17, 15) is 29.0 Å². The maximum atomic E-state index is 12.9. The zero-order chi connectivity index (χ0) is 20.3. The third-order valence-electron chi connectivity index (χ3n) is 4.56. The molecule has 10 heteroatoms. The van der Waals surface area contributed by atoms with Crippen molar-refractivity contribution in [3.05, 3.63) is 57.5 Å². The number of aromatic nitrogens is 2. The van der Waals surface area contributed by atoms with Crippen molar-refractivity contribution in [2.45, 2.75) is 31.8 Å². The molecule has 1 aliphatic rings. The molecule has 0 bridgehead atoms. The average Bonchev–Trinajstić information content (AvgIpc) is 2.69. The number of carboxylic acid groups (broad SMARTS) is 1. The van der Waals surface area contributed by atoms with E-state index in [2.05, 4.69) is 15.3 Å². The third-order valence-corrected chi connectivity index (χ3v) is 4.56. The Balaban J connectivity index is 1.84. The highest BCUT2D eigenvalue weighted by Crippen LogP contribution is 2.29. The molecule has 2 amide bonds. The van der Waals surface area contributed by atoms with Gasteiger partial charge in [0.05, 0.1) is 6.04 Å². The fourth-order valence-electron chi connectivity index (χ4n) is 3.11. The van der Waals surface area contributed by atoms with Crippen molar-refractivity contribution < 1.29 is 24.2 Å². The predicted octanol–water partition coefficient (Wildman–Crippen LogP) is 1.75. The van der Waals surface area contributed by atoms with Gasteiger partial charge in [-0.05, 0) is 37.0 Å². The van der Waals surface area contributed by atoms with E-state index in [0.717, 1.165) is 11.3 Å². The Morgan fingerprint density at radius 3 is 2.68 bits per heavy atom. The van der Waals surface area contributed by atoms with Crippen LogP contribution in [0.25, 0.3) is 0 Å². The molecule has 2 heterocycles. The molecule has 28 heavy (non-hydrogen) atoms. The Hall–Kier alpha value is -3.43. The van der Waals surface area contributed by atoms with Crippen molar-refractivity contribution in [3.8, 4) is 5.75 Å². The summed E-state index contributed by atoms with van der Waals surface area (Å²) < 4.78 is 12.9. The van der Waals surface area contributed by atoms with Crippen LogP contribution in [0.15, 0.2) is 29.1 Å². The number of carbonyl (C=O) groups excluding carboxylic acids is 1. The number of carbonyl (C=O) groups is 2. The molecular formula is C18H19FN4O5. The molecule has 1 aromatic heterocycles. The fourth-order valence-corrected chi connectivity index (χ4v) is 3.11. The van der Waals surface area contributed by atoms with Crippen LogP contribution in [0.1, 0.15) is 47.2 Å². The highest BCUT2D eigenvalue weighted by Gasteiger charge is 2.31.